The Kier molecular flexibility index (Phi) is 8.84. The number of nitrogens with zero attached hydrogens (tertiary/aromatic N) is 1. The van der Waals surface area contributed by atoms with Gasteiger partial charge in [0.1, 0.15) is 23.6 Å². The van der Waals surface area contributed by atoms with Gasteiger partial charge in [0.25, 0.3) is 0 Å². The van der Waals surface area contributed by atoms with E-state index < -0.39 is 34.0 Å². The third-order valence-corrected chi connectivity index (χ3v) is 10.3. The van der Waals surface area contributed by atoms with E-state index in [1.54, 1.807) is 44.6 Å². The van der Waals surface area contributed by atoms with Crippen LogP contribution in [0.5, 0.6) is 11.5 Å². The Hall–Kier alpha value is -3.89. The van der Waals surface area contributed by atoms with E-state index in [2.05, 4.69) is 5.32 Å². The maximum absolute atomic E-state index is 13.8. The maximum Gasteiger partial charge on any atom is 0.328 e. The van der Waals surface area contributed by atoms with E-state index in [9.17, 15) is 18.0 Å². The summed E-state index contributed by atoms with van der Waals surface area (Å²) in [5.74, 6) is 0.131. The van der Waals surface area contributed by atoms with Crippen molar-refractivity contribution in [3.05, 3.63) is 78.4 Å². The first-order valence-electron chi connectivity index (χ1n) is 14.1. The molecule has 2 bridgehead atoms. The third kappa shape index (κ3) is 5.73. The minimum atomic E-state index is -3.91. The Bertz CT molecular complexity index is 1500. The van der Waals surface area contributed by atoms with E-state index in [1.165, 1.54) is 11.4 Å². The lowest BCUT2D eigenvalue weighted by Gasteiger charge is -2.49. The molecule has 3 fully saturated rings. The fraction of sp³-hybridized carbons (Fsp3) is 0.375. The fourth-order valence-corrected chi connectivity index (χ4v) is 8.18. The molecule has 1 aliphatic carbocycles. The van der Waals surface area contributed by atoms with Gasteiger partial charge in [-0.15, -0.1) is 0 Å². The van der Waals surface area contributed by atoms with Crippen molar-refractivity contribution in [2.45, 2.75) is 55.1 Å². The Morgan fingerprint density at radius 1 is 0.857 bits per heavy atom. The largest absolute Gasteiger partial charge is 0.496 e. The molecule has 1 amide bonds. The van der Waals surface area contributed by atoms with Gasteiger partial charge in [0.2, 0.25) is 15.9 Å². The van der Waals surface area contributed by atoms with Crippen LogP contribution in [0, 0.1) is 5.92 Å². The quantitative estimate of drug-likeness (QED) is 0.351. The summed E-state index contributed by atoms with van der Waals surface area (Å²) in [4.78, 5) is 26.8. The van der Waals surface area contributed by atoms with Crippen LogP contribution in [0.2, 0.25) is 0 Å². The number of carbonyl (C=O) groups excluding carboxylic acids is 2. The minimum absolute atomic E-state index is 0.123. The van der Waals surface area contributed by atoms with Crippen LogP contribution in [0.1, 0.15) is 31.2 Å². The fourth-order valence-electron chi connectivity index (χ4n) is 6.27. The van der Waals surface area contributed by atoms with Gasteiger partial charge in [0.15, 0.2) is 0 Å². The molecule has 6 rings (SSSR count). The Balaban J connectivity index is 1.38. The van der Waals surface area contributed by atoms with E-state index in [4.69, 9.17) is 14.2 Å². The maximum atomic E-state index is 13.8. The summed E-state index contributed by atoms with van der Waals surface area (Å²) in [5.41, 5.74) is 2.47. The van der Waals surface area contributed by atoms with E-state index in [0.717, 1.165) is 29.5 Å². The van der Waals surface area contributed by atoms with E-state index in [-0.39, 0.29) is 23.3 Å². The van der Waals surface area contributed by atoms with Crippen LogP contribution in [0.15, 0.2) is 77.7 Å². The van der Waals surface area contributed by atoms with E-state index in [0.29, 0.717) is 24.3 Å². The van der Waals surface area contributed by atoms with Gasteiger partial charge in [-0.25, -0.2) is 13.2 Å². The number of ether oxygens (including phenoxy) is 3. The predicted molar refractivity (Wildman–Crippen MR) is 158 cm³/mol. The standard InChI is InChI=1S/C32H36N2O7S/c1-39-27-10-7-11-28(40-2)29(27)22-14-12-21(13-15-22)20-26(32(36)41-3)33-31(35)30-23-16-18-24(19-17-23)34(30)42(37,38)25-8-5-4-6-9-25/h4-15,23-24,26,30H,16-20H2,1-3H3,(H,33,35). The first-order valence-corrected chi connectivity index (χ1v) is 15.5. The highest BCUT2D eigenvalue weighted by Crippen LogP contribution is 2.43. The van der Waals surface area contributed by atoms with Gasteiger partial charge in [-0.05, 0) is 67.0 Å². The molecule has 222 valence electrons. The zero-order valence-electron chi connectivity index (χ0n) is 24.0. The average molecular weight is 593 g/mol. The van der Waals surface area contributed by atoms with Gasteiger partial charge in [-0.1, -0.05) is 48.5 Å². The smallest absolute Gasteiger partial charge is 0.328 e. The molecule has 2 saturated heterocycles. The topological polar surface area (TPSA) is 111 Å². The number of rotatable bonds is 10. The lowest BCUT2D eigenvalue weighted by Crippen LogP contribution is -2.63. The molecular weight excluding hydrogens is 556 g/mol. The molecule has 2 unspecified atom stereocenters. The van der Waals surface area contributed by atoms with Crippen LogP contribution in [0.25, 0.3) is 11.1 Å². The highest BCUT2D eigenvalue weighted by Gasteiger charge is 2.51. The van der Waals surface area contributed by atoms with Crippen LogP contribution >= 0.6 is 0 Å². The predicted octanol–water partition coefficient (Wildman–Crippen LogP) is 4.20. The van der Waals surface area contributed by atoms with Crippen molar-refractivity contribution < 1.29 is 32.2 Å². The number of esters is 1. The number of carbonyl (C=O) groups is 2. The van der Waals surface area contributed by atoms with E-state index in [1.807, 2.05) is 42.5 Å². The van der Waals surface area contributed by atoms with Gasteiger partial charge >= 0.3 is 5.97 Å². The number of methoxy groups -OCH3 is 3. The summed E-state index contributed by atoms with van der Waals surface area (Å²) in [6, 6.07) is 19.2. The van der Waals surface area contributed by atoms with Gasteiger partial charge in [0.05, 0.1) is 31.8 Å². The van der Waals surface area contributed by atoms with Crippen molar-refractivity contribution in [1.82, 2.24) is 9.62 Å². The molecular formula is C32H36N2O7S. The Labute approximate surface area is 246 Å². The second kappa shape index (κ2) is 12.5. The summed E-state index contributed by atoms with van der Waals surface area (Å²) < 4.78 is 45.0. The summed E-state index contributed by atoms with van der Waals surface area (Å²) in [5, 5.41) is 2.85. The molecule has 0 spiro atoms. The highest BCUT2D eigenvalue weighted by molar-refractivity contribution is 7.89. The second-order valence-electron chi connectivity index (χ2n) is 10.7. The summed E-state index contributed by atoms with van der Waals surface area (Å²) in [6.07, 6.45) is 3.13. The zero-order chi connectivity index (χ0) is 29.9. The molecule has 2 aliphatic heterocycles. The van der Waals surface area contributed by atoms with Crippen LogP contribution in [0.3, 0.4) is 0 Å². The van der Waals surface area contributed by atoms with Crippen molar-refractivity contribution >= 4 is 21.9 Å². The van der Waals surface area contributed by atoms with Crippen molar-refractivity contribution in [1.29, 1.82) is 0 Å². The third-order valence-electron chi connectivity index (χ3n) is 8.32. The number of hydrogen-bond acceptors (Lipinski definition) is 7. The molecule has 1 saturated carbocycles. The van der Waals surface area contributed by atoms with Gasteiger partial charge < -0.3 is 19.5 Å². The average Bonchev–Trinajstić information content (AvgIpc) is 3.04. The Morgan fingerprint density at radius 3 is 2.05 bits per heavy atom. The number of sulfonamides is 1. The lowest BCUT2D eigenvalue weighted by atomic mass is 9.76. The normalized spacial score (nSPS) is 20.9. The molecule has 2 heterocycles. The molecule has 0 aromatic heterocycles. The van der Waals surface area contributed by atoms with Crippen LogP contribution in [-0.4, -0.2) is 64.1 Å². The van der Waals surface area contributed by atoms with Crippen molar-refractivity contribution in [3.8, 4) is 22.6 Å². The number of benzene rings is 3. The molecule has 0 radical (unpaired) electrons. The molecule has 42 heavy (non-hydrogen) atoms. The number of fused-ring (bicyclic) bond motifs is 3. The molecule has 9 nitrogen and oxygen atoms in total. The molecule has 10 heteroatoms. The first-order chi connectivity index (χ1) is 20.3. The van der Waals surface area contributed by atoms with E-state index >= 15 is 0 Å². The zero-order valence-corrected chi connectivity index (χ0v) is 24.8. The minimum Gasteiger partial charge on any atom is -0.496 e. The molecule has 3 aliphatic rings. The lowest BCUT2D eigenvalue weighted by molar-refractivity contribution is -0.146. The first kappa shape index (κ1) is 29.6. The summed E-state index contributed by atoms with van der Waals surface area (Å²) >= 11 is 0. The Morgan fingerprint density at radius 2 is 1.48 bits per heavy atom. The second-order valence-corrected chi connectivity index (χ2v) is 12.5. The number of amides is 1. The molecule has 3 aromatic carbocycles. The van der Waals surface area contributed by atoms with Crippen molar-refractivity contribution in [3.63, 3.8) is 0 Å². The summed E-state index contributed by atoms with van der Waals surface area (Å²) in [7, 11) is 0.552. The van der Waals surface area contributed by atoms with Crippen LogP contribution < -0.4 is 14.8 Å². The molecule has 3 aromatic rings. The van der Waals surface area contributed by atoms with Gasteiger partial charge in [-0.3, -0.25) is 4.79 Å². The number of hydrogen-bond donors (Lipinski definition) is 1. The monoisotopic (exact) mass is 592 g/mol. The van der Waals surface area contributed by atoms with Gasteiger partial charge in [0, 0.05) is 12.5 Å². The van der Waals surface area contributed by atoms with Gasteiger partial charge in [-0.2, -0.15) is 4.31 Å². The van der Waals surface area contributed by atoms with Crippen molar-refractivity contribution in [2.75, 3.05) is 21.3 Å². The van der Waals surface area contributed by atoms with Crippen LogP contribution in [0.4, 0.5) is 0 Å². The highest BCUT2D eigenvalue weighted by atomic mass is 32.2. The number of nitrogens with one attached hydrogen (secondary N) is 1. The summed E-state index contributed by atoms with van der Waals surface area (Å²) in [6.45, 7) is 0. The number of piperidine rings is 2. The van der Waals surface area contributed by atoms with Crippen LogP contribution in [-0.2, 0) is 30.8 Å². The SMILES string of the molecule is COC(=O)C(Cc1ccc(-c2c(OC)cccc2OC)cc1)NC(=O)C1C2CCC(CC2)N1S(=O)(=O)c1ccccc1. The molecule has 2 atom stereocenters. The van der Waals surface area contributed by atoms with Crippen molar-refractivity contribution in [2.24, 2.45) is 5.92 Å². The molecule has 1 N–H and O–H groups in total.